The van der Waals surface area contributed by atoms with E-state index in [0.29, 0.717) is 6.41 Å². The topological polar surface area (TPSA) is 46.2 Å². The Morgan fingerprint density at radius 2 is 2.42 bits per heavy atom. The summed E-state index contributed by atoms with van der Waals surface area (Å²) in [5, 5.41) is 2.21. The van der Waals surface area contributed by atoms with Crippen LogP contribution in [0.4, 0.5) is 4.39 Å². The monoisotopic (exact) mass is 171 g/mol. The van der Waals surface area contributed by atoms with Crippen molar-refractivity contribution in [1.82, 2.24) is 5.32 Å². The van der Waals surface area contributed by atoms with E-state index < -0.39 is 12.6 Å². The highest BCUT2D eigenvalue weighted by Crippen LogP contribution is 1.92. The summed E-state index contributed by atoms with van der Waals surface area (Å²) in [5.41, 5.74) is 0. The van der Waals surface area contributed by atoms with Gasteiger partial charge in [-0.25, -0.2) is 4.39 Å². The molecule has 0 fully saturated rings. The predicted octanol–water partition coefficient (Wildman–Crippen LogP) is -0.0895. The molecule has 0 bridgehead atoms. The van der Waals surface area contributed by atoms with Crippen LogP contribution in [0.2, 0.25) is 0 Å². The van der Waals surface area contributed by atoms with Crippen LogP contribution in [0.25, 0.3) is 0 Å². The summed E-state index contributed by atoms with van der Waals surface area (Å²) in [6.45, 7) is 0.766. The lowest BCUT2D eigenvalue weighted by Crippen LogP contribution is -2.25. The fraction of sp³-hybridized carbons (Fsp3) is 0.500. The molecule has 1 atom stereocenters. The van der Waals surface area contributed by atoms with E-state index in [0.717, 1.165) is 0 Å². The average molecular weight is 171 g/mol. The van der Waals surface area contributed by atoms with Gasteiger partial charge in [-0.1, -0.05) is 11.8 Å². The summed E-state index contributed by atoms with van der Waals surface area (Å²) in [4.78, 5) is 20.7. The first-order valence-corrected chi connectivity index (χ1v) is 3.46. The number of carbonyl (C=O) groups is 2. The van der Waals surface area contributed by atoms with E-state index in [-0.39, 0.29) is 12.3 Å². The first-order chi connectivity index (χ1) is 5.72. The first kappa shape index (κ1) is 10.6. The molecule has 0 aliphatic heterocycles. The van der Waals surface area contributed by atoms with Crippen LogP contribution in [0, 0.1) is 17.8 Å². The van der Waals surface area contributed by atoms with Crippen molar-refractivity contribution in [1.29, 1.82) is 0 Å². The van der Waals surface area contributed by atoms with Crippen LogP contribution in [0.15, 0.2) is 0 Å². The van der Waals surface area contributed by atoms with Crippen molar-refractivity contribution in [2.45, 2.75) is 6.92 Å². The van der Waals surface area contributed by atoms with Gasteiger partial charge in [0.15, 0.2) is 5.78 Å². The minimum absolute atomic E-state index is 0.0500. The molecule has 4 heteroatoms. The maximum absolute atomic E-state index is 11.5. The molecule has 0 saturated carbocycles. The van der Waals surface area contributed by atoms with Crippen LogP contribution in [-0.4, -0.2) is 25.4 Å². The fourth-order valence-electron chi connectivity index (χ4n) is 0.568. The van der Waals surface area contributed by atoms with Gasteiger partial charge in [-0.05, 0) is 6.92 Å². The normalized spacial score (nSPS) is 10.8. The third-order valence-corrected chi connectivity index (χ3v) is 1.23. The number of Topliss-reactive ketones (excluding diaryl/α,β-unsaturated/α-hetero) is 1. The average Bonchev–Trinajstić information content (AvgIpc) is 2.10. The van der Waals surface area contributed by atoms with Gasteiger partial charge in [-0.3, -0.25) is 9.59 Å². The van der Waals surface area contributed by atoms with Gasteiger partial charge in [-0.15, -0.1) is 0 Å². The highest BCUT2D eigenvalue weighted by Gasteiger charge is 2.07. The number of amides is 1. The van der Waals surface area contributed by atoms with Crippen molar-refractivity contribution < 1.29 is 14.0 Å². The second-order valence-corrected chi connectivity index (χ2v) is 2.14. The number of hydrogen-bond donors (Lipinski definition) is 1. The van der Waals surface area contributed by atoms with Crippen LogP contribution in [-0.2, 0) is 9.59 Å². The van der Waals surface area contributed by atoms with Crippen molar-refractivity contribution in [3.63, 3.8) is 0 Å². The van der Waals surface area contributed by atoms with Crippen LogP contribution in [0.1, 0.15) is 6.92 Å². The zero-order chi connectivity index (χ0) is 9.40. The van der Waals surface area contributed by atoms with Gasteiger partial charge in [0.2, 0.25) is 6.41 Å². The molecule has 0 rings (SSSR count). The van der Waals surface area contributed by atoms with Gasteiger partial charge in [-0.2, -0.15) is 0 Å². The number of carbonyl (C=O) groups excluding carboxylic acids is 2. The van der Waals surface area contributed by atoms with Gasteiger partial charge in [0, 0.05) is 0 Å². The molecule has 0 aliphatic carbocycles. The maximum Gasteiger partial charge on any atom is 0.207 e. The Balaban J connectivity index is 3.84. The molecule has 12 heavy (non-hydrogen) atoms. The SMILES string of the molecule is CC(C#CCF)C(=O)CNC=O. The third kappa shape index (κ3) is 4.45. The fourth-order valence-corrected chi connectivity index (χ4v) is 0.568. The van der Waals surface area contributed by atoms with Gasteiger partial charge in [0.1, 0.15) is 6.67 Å². The van der Waals surface area contributed by atoms with E-state index in [1.54, 1.807) is 6.92 Å². The quantitative estimate of drug-likeness (QED) is 0.474. The third-order valence-electron chi connectivity index (χ3n) is 1.23. The molecule has 3 nitrogen and oxygen atoms in total. The summed E-state index contributed by atoms with van der Waals surface area (Å²) in [6.07, 6.45) is 0.438. The number of rotatable bonds is 4. The Labute approximate surface area is 70.3 Å². The summed E-state index contributed by atoms with van der Waals surface area (Å²) >= 11 is 0. The van der Waals surface area contributed by atoms with Gasteiger partial charge in [0.05, 0.1) is 12.5 Å². The number of halogens is 1. The molecule has 0 aromatic heterocycles. The lowest BCUT2D eigenvalue weighted by atomic mass is 10.1. The number of nitrogens with one attached hydrogen (secondary N) is 1. The van der Waals surface area contributed by atoms with Crippen molar-refractivity contribution >= 4 is 12.2 Å². The molecule has 0 aromatic rings. The molecule has 0 aliphatic rings. The van der Waals surface area contributed by atoms with Gasteiger partial charge >= 0.3 is 0 Å². The highest BCUT2D eigenvalue weighted by atomic mass is 19.1. The lowest BCUT2D eigenvalue weighted by molar-refractivity contribution is -0.121. The summed E-state index contributed by atoms with van der Waals surface area (Å²) in [7, 11) is 0. The lowest BCUT2D eigenvalue weighted by Gasteiger charge is -2.00. The molecule has 1 unspecified atom stereocenters. The Kier molecular flexibility index (Phi) is 5.62. The molecule has 66 valence electrons. The zero-order valence-electron chi connectivity index (χ0n) is 6.76. The second-order valence-electron chi connectivity index (χ2n) is 2.14. The molecule has 0 heterocycles. The van der Waals surface area contributed by atoms with Crippen LogP contribution >= 0.6 is 0 Å². The maximum atomic E-state index is 11.5. The van der Waals surface area contributed by atoms with Crippen molar-refractivity contribution in [2.24, 2.45) is 5.92 Å². The molecular formula is C8H10FNO2. The van der Waals surface area contributed by atoms with Gasteiger partial charge in [0.25, 0.3) is 0 Å². The minimum Gasteiger partial charge on any atom is -0.352 e. The number of ketones is 1. The highest BCUT2D eigenvalue weighted by molar-refractivity contribution is 5.86. The largest absolute Gasteiger partial charge is 0.352 e. The van der Waals surface area contributed by atoms with Crippen molar-refractivity contribution in [2.75, 3.05) is 13.2 Å². The van der Waals surface area contributed by atoms with Crippen molar-refractivity contribution in [3.8, 4) is 11.8 Å². The van der Waals surface area contributed by atoms with E-state index in [2.05, 4.69) is 17.2 Å². The summed E-state index contributed by atoms with van der Waals surface area (Å²) in [6, 6.07) is 0. The molecule has 0 spiro atoms. The summed E-state index contributed by atoms with van der Waals surface area (Å²) in [5.74, 6) is 3.82. The van der Waals surface area contributed by atoms with Crippen LogP contribution in [0.3, 0.4) is 0 Å². The molecule has 0 aromatic carbocycles. The second kappa shape index (κ2) is 6.35. The Morgan fingerprint density at radius 3 is 2.92 bits per heavy atom. The standard InChI is InChI=1S/C8H10FNO2/c1-7(3-2-4-9)8(12)5-10-6-11/h6-7H,4-5H2,1H3,(H,10,11). The smallest absolute Gasteiger partial charge is 0.207 e. The molecule has 0 saturated heterocycles. The molecule has 1 N–H and O–H groups in total. The number of alkyl halides is 1. The van der Waals surface area contributed by atoms with Crippen LogP contribution < -0.4 is 5.32 Å². The first-order valence-electron chi connectivity index (χ1n) is 3.46. The molecule has 1 amide bonds. The minimum atomic E-state index is -0.751. The van der Waals surface area contributed by atoms with E-state index in [9.17, 15) is 14.0 Å². The molecule has 0 radical (unpaired) electrons. The Hall–Kier alpha value is -1.37. The van der Waals surface area contributed by atoms with Gasteiger partial charge < -0.3 is 5.32 Å². The zero-order valence-corrected chi connectivity index (χ0v) is 6.76. The Morgan fingerprint density at radius 1 is 1.75 bits per heavy atom. The van der Waals surface area contributed by atoms with E-state index in [1.165, 1.54) is 0 Å². The van der Waals surface area contributed by atoms with Crippen LogP contribution in [0.5, 0.6) is 0 Å². The van der Waals surface area contributed by atoms with E-state index in [4.69, 9.17) is 0 Å². The van der Waals surface area contributed by atoms with E-state index in [1.807, 2.05) is 0 Å². The predicted molar refractivity (Wildman–Crippen MR) is 42.0 cm³/mol. The summed E-state index contributed by atoms with van der Waals surface area (Å²) < 4.78 is 11.5. The Bertz CT molecular complexity index is 217. The molecular weight excluding hydrogens is 161 g/mol. The number of hydrogen-bond acceptors (Lipinski definition) is 2. The van der Waals surface area contributed by atoms with E-state index >= 15 is 0 Å². The van der Waals surface area contributed by atoms with Crippen molar-refractivity contribution in [3.05, 3.63) is 0 Å².